The zero-order chi connectivity index (χ0) is 24.2. The molecule has 33 heavy (non-hydrogen) atoms. The number of hydrogen-bond acceptors (Lipinski definition) is 5. The summed E-state index contributed by atoms with van der Waals surface area (Å²) in [5.41, 5.74) is 0.570. The molecule has 2 aromatic heterocycles. The fourth-order valence-electron chi connectivity index (χ4n) is 3.06. The van der Waals surface area contributed by atoms with Gasteiger partial charge in [0, 0.05) is 35.6 Å². The van der Waals surface area contributed by atoms with Gasteiger partial charge >= 0.3 is 6.18 Å². The number of carbonyl (C=O) groups excluding carboxylic acids is 1. The van der Waals surface area contributed by atoms with Crippen LogP contribution in [0.2, 0.25) is 0 Å². The van der Waals surface area contributed by atoms with Crippen LogP contribution in [0.15, 0.2) is 48.9 Å². The summed E-state index contributed by atoms with van der Waals surface area (Å²) in [5.74, 6) is -0.583. The van der Waals surface area contributed by atoms with Crippen LogP contribution in [-0.4, -0.2) is 33.6 Å². The first-order valence-corrected chi connectivity index (χ1v) is 10.1. The Morgan fingerprint density at radius 2 is 1.70 bits per heavy atom. The standard InChI is InChI=1S/C23H22F4N4O2/c1-13(2)21-29-10-15(11-30-21)22(32)31-20-17(16-6-4-5-7-18(16)24)8-9-28-19(20)14(3)33-12-23(25,26)27/h4-11,13-14H,12H2,1-3H3,(H,31,32). The van der Waals surface area contributed by atoms with Crippen molar-refractivity contribution in [2.24, 2.45) is 0 Å². The number of rotatable bonds is 7. The number of carbonyl (C=O) groups is 1. The van der Waals surface area contributed by atoms with E-state index in [1.165, 1.54) is 49.8 Å². The summed E-state index contributed by atoms with van der Waals surface area (Å²) in [7, 11) is 0. The number of nitrogens with zero attached hydrogens (tertiary/aromatic N) is 3. The fourth-order valence-corrected chi connectivity index (χ4v) is 3.06. The Bertz CT molecular complexity index is 1120. The highest BCUT2D eigenvalue weighted by atomic mass is 19.4. The summed E-state index contributed by atoms with van der Waals surface area (Å²) in [6, 6.07) is 7.30. The Morgan fingerprint density at radius 3 is 2.30 bits per heavy atom. The molecule has 0 saturated carbocycles. The molecule has 1 aromatic carbocycles. The normalized spacial score (nSPS) is 12.6. The third-order valence-corrected chi connectivity index (χ3v) is 4.72. The summed E-state index contributed by atoms with van der Waals surface area (Å²) in [4.78, 5) is 25.3. The van der Waals surface area contributed by atoms with Crippen LogP contribution >= 0.6 is 0 Å². The number of alkyl halides is 3. The minimum atomic E-state index is -4.55. The zero-order valence-corrected chi connectivity index (χ0v) is 18.2. The molecule has 1 amide bonds. The van der Waals surface area contributed by atoms with Crippen molar-refractivity contribution >= 4 is 11.6 Å². The Kier molecular flexibility index (Phi) is 7.37. The Labute approximate surface area is 188 Å². The van der Waals surface area contributed by atoms with Gasteiger partial charge < -0.3 is 10.1 Å². The maximum Gasteiger partial charge on any atom is 0.411 e. The largest absolute Gasteiger partial charge is 0.411 e. The van der Waals surface area contributed by atoms with Gasteiger partial charge in [-0.15, -0.1) is 0 Å². The molecule has 0 fully saturated rings. The molecule has 3 aromatic rings. The molecule has 0 saturated heterocycles. The van der Waals surface area contributed by atoms with Crippen LogP contribution in [0.4, 0.5) is 23.2 Å². The lowest BCUT2D eigenvalue weighted by Gasteiger charge is -2.20. The van der Waals surface area contributed by atoms with Crippen molar-refractivity contribution in [3.8, 4) is 11.1 Å². The number of nitrogens with one attached hydrogen (secondary N) is 1. The van der Waals surface area contributed by atoms with E-state index in [-0.39, 0.29) is 34.0 Å². The van der Waals surface area contributed by atoms with E-state index in [1.807, 2.05) is 13.8 Å². The second-order valence-electron chi connectivity index (χ2n) is 7.61. The molecular weight excluding hydrogens is 440 g/mol. The van der Waals surface area contributed by atoms with Gasteiger partial charge in [0.2, 0.25) is 0 Å². The van der Waals surface area contributed by atoms with Gasteiger partial charge in [0.1, 0.15) is 18.2 Å². The second-order valence-corrected chi connectivity index (χ2v) is 7.61. The lowest BCUT2D eigenvalue weighted by Crippen LogP contribution is -2.21. The van der Waals surface area contributed by atoms with Gasteiger partial charge in [-0.1, -0.05) is 32.0 Å². The van der Waals surface area contributed by atoms with Crippen molar-refractivity contribution in [1.82, 2.24) is 15.0 Å². The van der Waals surface area contributed by atoms with E-state index in [9.17, 15) is 22.4 Å². The van der Waals surface area contributed by atoms with Gasteiger partial charge in [-0.3, -0.25) is 9.78 Å². The minimum absolute atomic E-state index is 0.0214. The van der Waals surface area contributed by atoms with Crippen molar-refractivity contribution in [3.05, 3.63) is 71.8 Å². The molecule has 0 spiro atoms. The summed E-state index contributed by atoms with van der Waals surface area (Å²) in [6.07, 6.45) is -1.68. The SMILES string of the molecule is CC(C)c1ncc(C(=O)Nc2c(-c3ccccc3F)ccnc2C(C)OCC(F)(F)F)cn1. The minimum Gasteiger partial charge on any atom is -0.363 e. The van der Waals surface area contributed by atoms with Gasteiger partial charge in [0.15, 0.2) is 0 Å². The van der Waals surface area contributed by atoms with E-state index in [2.05, 4.69) is 20.3 Å². The van der Waals surface area contributed by atoms with Crippen LogP contribution in [-0.2, 0) is 4.74 Å². The van der Waals surface area contributed by atoms with E-state index in [4.69, 9.17) is 4.74 Å². The number of benzene rings is 1. The number of hydrogen-bond donors (Lipinski definition) is 1. The lowest BCUT2D eigenvalue weighted by molar-refractivity contribution is -0.184. The number of halogens is 4. The number of ether oxygens (including phenoxy) is 1. The molecule has 0 aliphatic heterocycles. The highest BCUT2D eigenvalue weighted by molar-refractivity contribution is 6.06. The monoisotopic (exact) mass is 462 g/mol. The van der Waals surface area contributed by atoms with E-state index in [1.54, 1.807) is 6.07 Å². The quantitative estimate of drug-likeness (QED) is 0.456. The summed E-state index contributed by atoms with van der Waals surface area (Å²) >= 11 is 0. The van der Waals surface area contributed by atoms with Crippen LogP contribution in [0.5, 0.6) is 0 Å². The molecule has 1 unspecified atom stereocenters. The van der Waals surface area contributed by atoms with Crippen molar-refractivity contribution in [2.75, 3.05) is 11.9 Å². The predicted octanol–water partition coefficient (Wildman–Crippen LogP) is 5.69. The third kappa shape index (κ3) is 6.10. The summed E-state index contributed by atoms with van der Waals surface area (Å²) in [5, 5.41) is 2.64. The number of anilines is 1. The fraction of sp³-hybridized carbons (Fsp3) is 0.304. The molecule has 0 radical (unpaired) electrons. The highest BCUT2D eigenvalue weighted by Crippen LogP contribution is 2.36. The molecule has 0 aliphatic rings. The molecule has 1 N–H and O–H groups in total. The second kappa shape index (κ2) is 10.0. The van der Waals surface area contributed by atoms with Gasteiger partial charge in [-0.05, 0) is 19.1 Å². The Morgan fingerprint density at radius 1 is 1.03 bits per heavy atom. The molecule has 0 bridgehead atoms. The van der Waals surface area contributed by atoms with Crippen LogP contribution < -0.4 is 5.32 Å². The molecule has 10 heteroatoms. The van der Waals surface area contributed by atoms with Crippen LogP contribution in [0.1, 0.15) is 54.7 Å². The van der Waals surface area contributed by atoms with Crippen LogP contribution in [0, 0.1) is 5.82 Å². The number of amides is 1. The average molecular weight is 462 g/mol. The highest BCUT2D eigenvalue weighted by Gasteiger charge is 2.30. The average Bonchev–Trinajstić information content (AvgIpc) is 2.77. The molecule has 3 rings (SSSR count). The van der Waals surface area contributed by atoms with Crippen molar-refractivity contribution in [1.29, 1.82) is 0 Å². The van der Waals surface area contributed by atoms with Crippen molar-refractivity contribution in [3.63, 3.8) is 0 Å². The van der Waals surface area contributed by atoms with Gasteiger partial charge in [-0.25, -0.2) is 14.4 Å². The third-order valence-electron chi connectivity index (χ3n) is 4.72. The van der Waals surface area contributed by atoms with Gasteiger partial charge in [0.25, 0.3) is 5.91 Å². The molecule has 0 aliphatic carbocycles. The maximum absolute atomic E-state index is 14.5. The van der Waals surface area contributed by atoms with Crippen molar-refractivity contribution in [2.45, 2.75) is 39.0 Å². The summed E-state index contributed by atoms with van der Waals surface area (Å²) in [6.45, 7) is 3.67. The number of aromatic nitrogens is 3. The van der Waals surface area contributed by atoms with Crippen LogP contribution in [0.3, 0.4) is 0 Å². The maximum atomic E-state index is 14.5. The number of pyridine rings is 1. The zero-order valence-electron chi connectivity index (χ0n) is 18.2. The van der Waals surface area contributed by atoms with Crippen molar-refractivity contribution < 1.29 is 27.1 Å². The predicted molar refractivity (Wildman–Crippen MR) is 114 cm³/mol. The van der Waals surface area contributed by atoms with Crippen LogP contribution in [0.25, 0.3) is 11.1 Å². The van der Waals surface area contributed by atoms with E-state index in [0.29, 0.717) is 5.82 Å². The van der Waals surface area contributed by atoms with Gasteiger partial charge in [-0.2, -0.15) is 13.2 Å². The van der Waals surface area contributed by atoms with E-state index in [0.717, 1.165) is 0 Å². The first-order chi connectivity index (χ1) is 15.6. The molecule has 2 heterocycles. The lowest BCUT2D eigenvalue weighted by atomic mass is 10.0. The smallest absolute Gasteiger partial charge is 0.363 e. The summed E-state index contributed by atoms with van der Waals surface area (Å²) < 4.78 is 57.5. The Balaban J connectivity index is 2.02. The topological polar surface area (TPSA) is 77.0 Å². The molecule has 174 valence electrons. The molecule has 6 nitrogen and oxygen atoms in total. The first kappa shape index (κ1) is 24.2. The van der Waals surface area contributed by atoms with E-state index >= 15 is 0 Å². The molecular formula is C23H22F4N4O2. The van der Waals surface area contributed by atoms with Gasteiger partial charge in [0.05, 0.1) is 23.0 Å². The first-order valence-electron chi connectivity index (χ1n) is 10.1. The Hall–Kier alpha value is -3.40. The molecule has 1 atom stereocenters. The van der Waals surface area contributed by atoms with E-state index < -0.39 is 30.6 Å².